The Morgan fingerprint density at radius 3 is 2.50 bits per heavy atom. The standard InChI is InChI=1S/C5H10N2O/c1-4(8)7-3-2-5(7)6/h5H,2-3,6H2,1H3. The lowest BCUT2D eigenvalue weighted by molar-refractivity contribution is -0.136. The van der Waals surface area contributed by atoms with Gasteiger partial charge in [-0.1, -0.05) is 0 Å². The summed E-state index contributed by atoms with van der Waals surface area (Å²) in [5.74, 6) is 0.0868. The Hall–Kier alpha value is -0.570. The molecule has 1 atom stereocenters. The Morgan fingerprint density at radius 1 is 1.88 bits per heavy atom. The first-order valence-corrected chi connectivity index (χ1v) is 2.74. The third kappa shape index (κ3) is 0.690. The zero-order valence-electron chi connectivity index (χ0n) is 4.92. The Kier molecular flexibility index (Phi) is 1.21. The van der Waals surface area contributed by atoms with Gasteiger partial charge in [0.1, 0.15) is 0 Å². The molecule has 1 fully saturated rings. The second-order valence-corrected chi connectivity index (χ2v) is 2.07. The first-order valence-electron chi connectivity index (χ1n) is 2.74. The molecule has 0 radical (unpaired) electrons. The van der Waals surface area contributed by atoms with Crippen LogP contribution in [-0.2, 0) is 4.79 Å². The SMILES string of the molecule is CC(=O)N1CCC1N. The van der Waals surface area contributed by atoms with Gasteiger partial charge >= 0.3 is 0 Å². The van der Waals surface area contributed by atoms with E-state index in [1.54, 1.807) is 11.8 Å². The zero-order chi connectivity index (χ0) is 6.15. The largest absolute Gasteiger partial charge is 0.327 e. The third-order valence-electron chi connectivity index (χ3n) is 1.47. The molecule has 0 saturated carbocycles. The molecule has 1 amide bonds. The van der Waals surface area contributed by atoms with Gasteiger partial charge in [0.05, 0.1) is 6.17 Å². The van der Waals surface area contributed by atoms with Crippen molar-refractivity contribution in [2.75, 3.05) is 6.54 Å². The van der Waals surface area contributed by atoms with Crippen molar-refractivity contribution >= 4 is 5.91 Å². The molecule has 1 saturated heterocycles. The van der Waals surface area contributed by atoms with Gasteiger partial charge in [0, 0.05) is 13.5 Å². The van der Waals surface area contributed by atoms with E-state index in [1.807, 2.05) is 0 Å². The third-order valence-corrected chi connectivity index (χ3v) is 1.47. The summed E-state index contributed by atoms with van der Waals surface area (Å²) < 4.78 is 0. The number of rotatable bonds is 0. The van der Waals surface area contributed by atoms with E-state index in [4.69, 9.17) is 5.73 Å². The second kappa shape index (κ2) is 1.74. The molecule has 0 bridgehead atoms. The van der Waals surface area contributed by atoms with Crippen molar-refractivity contribution in [2.24, 2.45) is 5.73 Å². The van der Waals surface area contributed by atoms with E-state index in [2.05, 4.69) is 0 Å². The van der Waals surface area contributed by atoms with Crippen LogP contribution in [0, 0.1) is 0 Å². The molecule has 3 nitrogen and oxygen atoms in total. The average Bonchev–Trinajstić information content (AvgIpc) is 1.61. The quantitative estimate of drug-likeness (QED) is 0.462. The zero-order valence-corrected chi connectivity index (χ0v) is 4.92. The molecule has 8 heavy (non-hydrogen) atoms. The molecule has 1 aliphatic rings. The molecule has 0 aliphatic carbocycles. The summed E-state index contributed by atoms with van der Waals surface area (Å²) in [7, 11) is 0. The van der Waals surface area contributed by atoms with Gasteiger partial charge < -0.3 is 10.6 Å². The lowest BCUT2D eigenvalue weighted by atomic mass is 10.1. The van der Waals surface area contributed by atoms with E-state index in [1.165, 1.54) is 0 Å². The number of amides is 1. The number of likely N-dealkylation sites (tertiary alicyclic amines) is 1. The minimum Gasteiger partial charge on any atom is -0.327 e. The normalized spacial score (nSPS) is 27.2. The van der Waals surface area contributed by atoms with Crippen molar-refractivity contribution in [3.05, 3.63) is 0 Å². The Balaban J connectivity index is 2.37. The van der Waals surface area contributed by atoms with E-state index in [0.29, 0.717) is 0 Å². The highest BCUT2D eigenvalue weighted by Gasteiger charge is 2.25. The summed E-state index contributed by atoms with van der Waals surface area (Å²) >= 11 is 0. The topological polar surface area (TPSA) is 46.3 Å². The predicted molar refractivity (Wildman–Crippen MR) is 30.0 cm³/mol. The molecule has 1 heterocycles. The highest BCUT2D eigenvalue weighted by molar-refractivity contribution is 5.74. The highest BCUT2D eigenvalue weighted by atomic mass is 16.2. The number of hydrogen-bond donors (Lipinski definition) is 1. The maximum Gasteiger partial charge on any atom is 0.220 e. The molecule has 3 heteroatoms. The number of nitrogens with zero attached hydrogens (tertiary/aromatic N) is 1. The fraction of sp³-hybridized carbons (Fsp3) is 0.800. The van der Waals surface area contributed by atoms with Crippen LogP contribution in [0.2, 0.25) is 0 Å². The minimum atomic E-state index is 0.00694. The maximum absolute atomic E-state index is 10.5. The van der Waals surface area contributed by atoms with E-state index in [-0.39, 0.29) is 12.1 Å². The molecule has 0 aromatic rings. The van der Waals surface area contributed by atoms with Crippen molar-refractivity contribution in [1.29, 1.82) is 0 Å². The molecule has 2 N–H and O–H groups in total. The molecule has 0 spiro atoms. The average molecular weight is 114 g/mol. The van der Waals surface area contributed by atoms with Gasteiger partial charge in [0.2, 0.25) is 5.91 Å². The Morgan fingerprint density at radius 2 is 2.50 bits per heavy atom. The summed E-state index contributed by atoms with van der Waals surface area (Å²) in [5.41, 5.74) is 5.43. The highest BCUT2D eigenvalue weighted by Crippen LogP contribution is 2.10. The summed E-state index contributed by atoms with van der Waals surface area (Å²) in [6.45, 7) is 2.38. The maximum atomic E-state index is 10.5. The van der Waals surface area contributed by atoms with Gasteiger partial charge in [-0.05, 0) is 6.42 Å². The monoisotopic (exact) mass is 114 g/mol. The van der Waals surface area contributed by atoms with Gasteiger partial charge in [-0.3, -0.25) is 4.79 Å². The van der Waals surface area contributed by atoms with Gasteiger partial charge in [-0.15, -0.1) is 0 Å². The lowest BCUT2D eigenvalue weighted by Gasteiger charge is -2.37. The number of carbonyl (C=O) groups is 1. The van der Waals surface area contributed by atoms with Crippen LogP contribution in [0.5, 0.6) is 0 Å². The molecular weight excluding hydrogens is 104 g/mol. The molecule has 0 aromatic heterocycles. The number of hydrogen-bond acceptors (Lipinski definition) is 2. The van der Waals surface area contributed by atoms with Gasteiger partial charge in [0.15, 0.2) is 0 Å². The van der Waals surface area contributed by atoms with Crippen molar-refractivity contribution in [2.45, 2.75) is 19.5 Å². The summed E-state index contributed by atoms with van der Waals surface area (Å²) in [4.78, 5) is 12.1. The Labute approximate surface area is 48.5 Å². The van der Waals surface area contributed by atoms with Crippen molar-refractivity contribution in [1.82, 2.24) is 4.90 Å². The van der Waals surface area contributed by atoms with E-state index in [0.717, 1.165) is 13.0 Å². The van der Waals surface area contributed by atoms with Crippen LogP contribution < -0.4 is 5.73 Å². The second-order valence-electron chi connectivity index (χ2n) is 2.07. The number of carbonyl (C=O) groups excluding carboxylic acids is 1. The van der Waals surface area contributed by atoms with Crippen molar-refractivity contribution in [3.8, 4) is 0 Å². The number of nitrogens with two attached hydrogens (primary N) is 1. The molecule has 0 aromatic carbocycles. The Bertz CT molecular complexity index is 113. The summed E-state index contributed by atoms with van der Waals surface area (Å²) in [6, 6.07) is 0. The fourth-order valence-electron chi connectivity index (χ4n) is 0.798. The van der Waals surface area contributed by atoms with Crippen LogP contribution in [0.25, 0.3) is 0 Å². The van der Waals surface area contributed by atoms with E-state index in [9.17, 15) is 4.79 Å². The summed E-state index contributed by atoms with van der Waals surface area (Å²) in [6.07, 6.45) is 0.965. The molecule has 1 aliphatic heterocycles. The predicted octanol–water partition coefficient (Wildman–Crippen LogP) is -0.477. The molecule has 46 valence electrons. The van der Waals surface area contributed by atoms with E-state index < -0.39 is 0 Å². The van der Waals surface area contributed by atoms with Crippen LogP contribution in [0.4, 0.5) is 0 Å². The van der Waals surface area contributed by atoms with Crippen LogP contribution in [0.15, 0.2) is 0 Å². The van der Waals surface area contributed by atoms with Crippen molar-refractivity contribution in [3.63, 3.8) is 0 Å². The first-order chi connectivity index (χ1) is 3.72. The van der Waals surface area contributed by atoms with Crippen LogP contribution in [0.3, 0.4) is 0 Å². The van der Waals surface area contributed by atoms with Crippen LogP contribution >= 0.6 is 0 Å². The summed E-state index contributed by atoms with van der Waals surface area (Å²) in [5, 5.41) is 0. The van der Waals surface area contributed by atoms with Crippen molar-refractivity contribution < 1.29 is 4.79 Å². The smallest absolute Gasteiger partial charge is 0.220 e. The van der Waals surface area contributed by atoms with E-state index >= 15 is 0 Å². The first kappa shape index (κ1) is 5.56. The minimum absolute atomic E-state index is 0.00694. The molecular formula is C5H10N2O. The fourth-order valence-corrected chi connectivity index (χ4v) is 0.798. The lowest BCUT2D eigenvalue weighted by Crippen LogP contribution is -2.55. The molecule has 1 rings (SSSR count). The molecule has 1 unspecified atom stereocenters. The van der Waals surface area contributed by atoms with Crippen LogP contribution in [0.1, 0.15) is 13.3 Å². The van der Waals surface area contributed by atoms with Gasteiger partial charge in [0.25, 0.3) is 0 Å². The van der Waals surface area contributed by atoms with Gasteiger partial charge in [-0.2, -0.15) is 0 Å². The van der Waals surface area contributed by atoms with Crippen LogP contribution in [-0.4, -0.2) is 23.5 Å². The van der Waals surface area contributed by atoms with Gasteiger partial charge in [-0.25, -0.2) is 0 Å².